The van der Waals surface area contributed by atoms with E-state index in [9.17, 15) is 0 Å². The maximum atomic E-state index is 5.91. The lowest BCUT2D eigenvalue weighted by molar-refractivity contribution is 0.984. The Balaban J connectivity index is 1.42. The van der Waals surface area contributed by atoms with Gasteiger partial charge in [0, 0.05) is 23.3 Å². The van der Waals surface area contributed by atoms with Crippen molar-refractivity contribution in [3.63, 3.8) is 0 Å². The predicted molar refractivity (Wildman–Crippen MR) is 101 cm³/mol. The minimum atomic E-state index is 0.622. The van der Waals surface area contributed by atoms with Crippen LogP contribution in [0.4, 0.5) is 5.13 Å². The number of imidazole rings is 1. The van der Waals surface area contributed by atoms with Crippen molar-refractivity contribution in [2.75, 3.05) is 5.32 Å². The molecule has 4 rings (SSSR count). The number of aromatic nitrogens is 4. The minimum Gasteiger partial charge on any atom is -0.354 e. The van der Waals surface area contributed by atoms with Crippen LogP contribution in [0.5, 0.6) is 0 Å². The number of hydrogen-bond donors (Lipinski definition) is 1. The fourth-order valence-electron chi connectivity index (χ4n) is 2.62. The van der Waals surface area contributed by atoms with Crippen LogP contribution in [0.25, 0.3) is 5.65 Å². The molecule has 0 spiro atoms. The molecule has 0 atom stereocenters. The van der Waals surface area contributed by atoms with Gasteiger partial charge < -0.3 is 9.72 Å². The number of aryl methyl sites for hydroxylation is 1. The first-order valence-electron chi connectivity index (χ1n) is 7.92. The van der Waals surface area contributed by atoms with Crippen LogP contribution in [0.1, 0.15) is 22.0 Å². The zero-order valence-corrected chi connectivity index (χ0v) is 15.2. The summed E-state index contributed by atoms with van der Waals surface area (Å²) < 4.78 is 2.09. The van der Waals surface area contributed by atoms with E-state index in [2.05, 4.69) is 37.9 Å². The summed E-state index contributed by atoms with van der Waals surface area (Å²) in [5, 5.41) is 14.3. The van der Waals surface area contributed by atoms with E-state index in [1.165, 1.54) is 5.56 Å². The third-order valence-corrected chi connectivity index (χ3v) is 5.03. The number of fused-ring (bicyclic) bond motifs is 1. The molecule has 0 unspecified atom stereocenters. The number of anilines is 1. The molecule has 0 fully saturated rings. The van der Waals surface area contributed by atoms with Crippen molar-refractivity contribution in [3.8, 4) is 0 Å². The van der Waals surface area contributed by atoms with Gasteiger partial charge >= 0.3 is 0 Å². The van der Waals surface area contributed by atoms with E-state index in [0.29, 0.717) is 6.54 Å². The fraction of sp³-hybridized carbons (Fsp3) is 0.167. The van der Waals surface area contributed by atoms with Gasteiger partial charge in [0.15, 0.2) is 0 Å². The van der Waals surface area contributed by atoms with Crippen LogP contribution in [0.3, 0.4) is 0 Å². The van der Waals surface area contributed by atoms with Gasteiger partial charge in [-0.3, -0.25) is 0 Å². The second kappa shape index (κ2) is 6.82. The first-order valence-corrected chi connectivity index (χ1v) is 9.11. The first-order chi connectivity index (χ1) is 12.2. The van der Waals surface area contributed by atoms with Crippen molar-refractivity contribution in [3.05, 3.63) is 75.6 Å². The molecule has 0 aliphatic heterocycles. The van der Waals surface area contributed by atoms with E-state index >= 15 is 0 Å². The largest absolute Gasteiger partial charge is 0.354 e. The molecule has 25 heavy (non-hydrogen) atoms. The van der Waals surface area contributed by atoms with Gasteiger partial charge in [-0.2, -0.15) is 0 Å². The quantitative estimate of drug-likeness (QED) is 0.568. The van der Waals surface area contributed by atoms with Gasteiger partial charge in [-0.05, 0) is 36.8 Å². The van der Waals surface area contributed by atoms with Gasteiger partial charge in [-0.1, -0.05) is 41.1 Å². The maximum absolute atomic E-state index is 5.91. The molecule has 1 aromatic carbocycles. The Kier molecular flexibility index (Phi) is 4.38. The zero-order chi connectivity index (χ0) is 17.2. The lowest BCUT2D eigenvalue weighted by Gasteiger charge is -1.98. The van der Waals surface area contributed by atoms with Crippen LogP contribution in [-0.2, 0) is 13.0 Å². The molecular formula is C18H16ClN5S. The Morgan fingerprint density at radius 3 is 2.76 bits per heavy atom. The Hall–Kier alpha value is -2.44. The third-order valence-electron chi connectivity index (χ3n) is 3.90. The topological polar surface area (TPSA) is 55.1 Å². The second-order valence-corrected chi connectivity index (χ2v) is 7.28. The second-order valence-electron chi connectivity index (χ2n) is 5.79. The van der Waals surface area contributed by atoms with Gasteiger partial charge in [0.05, 0.1) is 12.2 Å². The Labute approximate surface area is 154 Å². The van der Waals surface area contributed by atoms with Crippen molar-refractivity contribution in [1.82, 2.24) is 19.6 Å². The number of nitrogens with zero attached hydrogens (tertiary/aromatic N) is 4. The standard InChI is InChI=1S/C18H16ClN5S/c1-12-3-2-4-16-21-15(11-24(12)16)10-20-18-23-22-17(25-18)9-13-5-7-14(19)8-6-13/h2-8,11H,9-10H2,1H3,(H,20,23). The highest BCUT2D eigenvalue weighted by Crippen LogP contribution is 2.20. The molecule has 0 aliphatic rings. The van der Waals surface area contributed by atoms with Crippen LogP contribution >= 0.6 is 22.9 Å². The van der Waals surface area contributed by atoms with Crippen LogP contribution in [0, 0.1) is 6.92 Å². The normalized spacial score (nSPS) is 11.1. The highest BCUT2D eigenvalue weighted by atomic mass is 35.5. The predicted octanol–water partition coefficient (Wildman–Crippen LogP) is 4.35. The van der Waals surface area contributed by atoms with Crippen molar-refractivity contribution < 1.29 is 0 Å². The van der Waals surface area contributed by atoms with Gasteiger partial charge in [0.1, 0.15) is 10.7 Å². The van der Waals surface area contributed by atoms with E-state index in [-0.39, 0.29) is 0 Å². The van der Waals surface area contributed by atoms with E-state index in [0.717, 1.165) is 38.6 Å². The fourth-order valence-corrected chi connectivity index (χ4v) is 3.52. The lowest BCUT2D eigenvalue weighted by Crippen LogP contribution is -1.98. The molecule has 0 saturated heterocycles. The van der Waals surface area contributed by atoms with Crippen molar-refractivity contribution >= 4 is 33.7 Å². The summed E-state index contributed by atoms with van der Waals surface area (Å²) in [5.74, 6) is 0. The Morgan fingerprint density at radius 1 is 1.12 bits per heavy atom. The van der Waals surface area contributed by atoms with Gasteiger partial charge in [0.25, 0.3) is 0 Å². The van der Waals surface area contributed by atoms with Gasteiger partial charge in [0.2, 0.25) is 5.13 Å². The molecule has 4 aromatic rings. The number of nitrogens with one attached hydrogen (secondary N) is 1. The molecule has 0 bridgehead atoms. The van der Waals surface area contributed by atoms with E-state index in [1.807, 2.05) is 42.6 Å². The summed E-state index contributed by atoms with van der Waals surface area (Å²) in [6.07, 6.45) is 2.80. The van der Waals surface area contributed by atoms with Gasteiger partial charge in [-0.25, -0.2) is 4.98 Å². The molecule has 0 amide bonds. The highest BCUT2D eigenvalue weighted by molar-refractivity contribution is 7.15. The summed E-state index contributed by atoms with van der Waals surface area (Å²) in [6.45, 7) is 2.69. The van der Waals surface area contributed by atoms with E-state index < -0.39 is 0 Å². The van der Waals surface area contributed by atoms with Crippen molar-refractivity contribution in [2.45, 2.75) is 19.9 Å². The molecule has 126 valence electrons. The SMILES string of the molecule is Cc1cccc2nc(CNc3nnc(Cc4ccc(Cl)cc4)s3)cn12. The smallest absolute Gasteiger partial charge is 0.206 e. The summed E-state index contributed by atoms with van der Waals surface area (Å²) in [4.78, 5) is 4.62. The molecule has 3 aromatic heterocycles. The molecule has 7 heteroatoms. The average molecular weight is 370 g/mol. The summed E-state index contributed by atoms with van der Waals surface area (Å²) >= 11 is 7.47. The number of halogens is 1. The molecule has 0 radical (unpaired) electrons. The summed E-state index contributed by atoms with van der Waals surface area (Å²) in [7, 11) is 0. The monoisotopic (exact) mass is 369 g/mol. The number of hydrogen-bond acceptors (Lipinski definition) is 5. The molecule has 3 heterocycles. The number of pyridine rings is 1. The Morgan fingerprint density at radius 2 is 1.96 bits per heavy atom. The number of benzene rings is 1. The number of rotatable bonds is 5. The molecule has 1 N–H and O–H groups in total. The van der Waals surface area contributed by atoms with Crippen molar-refractivity contribution in [2.24, 2.45) is 0 Å². The highest BCUT2D eigenvalue weighted by Gasteiger charge is 2.07. The minimum absolute atomic E-state index is 0.622. The van der Waals surface area contributed by atoms with E-state index in [1.54, 1.807) is 11.3 Å². The van der Waals surface area contributed by atoms with Crippen molar-refractivity contribution in [1.29, 1.82) is 0 Å². The maximum Gasteiger partial charge on any atom is 0.206 e. The average Bonchev–Trinajstić information content (AvgIpc) is 3.22. The first kappa shape index (κ1) is 16.1. The van der Waals surface area contributed by atoms with E-state index in [4.69, 9.17) is 11.6 Å². The molecule has 5 nitrogen and oxygen atoms in total. The summed E-state index contributed by atoms with van der Waals surface area (Å²) in [6, 6.07) is 13.9. The third kappa shape index (κ3) is 3.65. The Bertz CT molecular complexity index is 1010. The zero-order valence-electron chi connectivity index (χ0n) is 13.6. The van der Waals surface area contributed by atoms with Crippen LogP contribution in [0.2, 0.25) is 5.02 Å². The molecule has 0 aliphatic carbocycles. The van der Waals surface area contributed by atoms with Gasteiger partial charge in [-0.15, -0.1) is 10.2 Å². The van der Waals surface area contributed by atoms with Crippen LogP contribution in [-0.4, -0.2) is 19.6 Å². The van der Waals surface area contributed by atoms with Crippen LogP contribution in [0.15, 0.2) is 48.7 Å². The molecular weight excluding hydrogens is 354 g/mol. The van der Waals surface area contributed by atoms with Crippen LogP contribution < -0.4 is 5.32 Å². The molecule has 0 saturated carbocycles. The lowest BCUT2D eigenvalue weighted by atomic mass is 10.2. The summed E-state index contributed by atoms with van der Waals surface area (Å²) in [5.41, 5.74) is 4.27.